The highest BCUT2D eigenvalue weighted by Crippen LogP contribution is 2.21. The lowest BCUT2D eigenvalue weighted by molar-refractivity contribution is -0.137. The standard InChI is InChI=1S/C20H16ClFN2O3S/c21-16-5-1-13(2-6-16)9-15-10-24(11-18(25)26)20(23-19(15)27)28-12-14-3-7-17(22)8-4-14/h1-8,10H,9,11-12H2,(H,25,26). The molecule has 0 saturated heterocycles. The fourth-order valence-electron chi connectivity index (χ4n) is 2.57. The summed E-state index contributed by atoms with van der Waals surface area (Å²) in [5, 5.41) is 10.1. The molecule has 2 aromatic carbocycles. The van der Waals surface area contributed by atoms with E-state index in [0.717, 1.165) is 11.1 Å². The van der Waals surface area contributed by atoms with Gasteiger partial charge >= 0.3 is 5.97 Å². The largest absolute Gasteiger partial charge is 0.480 e. The van der Waals surface area contributed by atoms with E-state index in [9.17, 15) is 19.1 Å². The highest BCUT2D eigenvalue weighted by molar-refractivity contribution is 7.98. The molecule has 0 atom stereocenters. The molecule has 3 aromatic rings. The first kappa shape index (κ1) is 20.1. The summed E-state index contributed by atoms with van der Waals surface area (Å²) in [5.41, 5.74) is 1.71. The van der Waals surface area contributed by atoms with Crippen molar-refractivity contribution < 1.29 is 14.3 Å². The number of aromatic nitrogens is 2. The molecule has 0 unspecified atom stereocenters. The van der Waals surface area contributed by atoms with E-state index in [4.69, 9.17) is 11.6 Å². The van der Waals surface area contributed by atoms with Crippen molar-refractivity contribution in [3.8, 4) is 0 Å². The van der Waals surface area contributed by atoms with E-state index in [1.165, 1.54) is 34.7 Å². The predicted molar refractivity (Wildman–Crippen MR) is 106 cm³/mol. The predicted octanol–water partition coefficient (Wildman–Crippen LogP) is 4.00. The van der Waals surface area contributed by atoms with E-state index in [1.54, 1.807) is 36.4 Å². The number of carboxylic acid groups (broad SMARTS) is 1. The zero-order valence-electron chi connectivity index (χ0n) is 14.6. The van der Waals surface area contributed by atoms with Gasteiger partial charge in [0.1, 0.15) is 12.4 Å². The van der Waals surface area contributed by atoms with Gasteiger partial charge < -0.3 is 9.67 Å². The van der Waals surface area contributed by atoms with Gasteiger partial charge in [0, 0.05) is 29.0 Å². The van der Waals surface area contributed by atoms with Crippen LogP contribution in [0.4, 0.5) is 4.39 Å². The molecule has 0 amide bonds. The van der Waals surface area contributed by atoms with Crippen molar-refractivity contribution in [1.29, 1.82) is 0 Å². The fraction of sp³-hybridized carbons (Fsp3) is 0.150. The Bertz CT molecular complexity index is 1040. The third-order valence-electron chi connectivity index (χ3n) is 3.92. The first-order valence-corrected chi connectivity index (χ1v) is 9.71. The summed E-state index contributed by atoms with van der Waals surface area (Å²) in [6.45, 7) is -0.313. The Labute approximate surface area is 169 Å². The van der Waals surface area contributed by atoms with E-state index in [1.807, 2.05) is 0 Å². The van der Waals surface area contributed by atoms with Crippen molar-refractivity contribution in [3.05, 3.63) is 92.6 Å². The van der Waals surface area contributed by atoms with Gasteiger partial charge in [0.05, 0.1) is 0 Å². The molecular weight excluding hydrogens is 403 g/mol. The molecule has 3 rings (SSSR count). The Morgan fingerprint density at radius 1 is 1.11 bits per heavy atom. The van der Waals surface area contributed by atoms with Gasteiger partial charge in [-0.05, 0) is 35.4 Å². The summed E-state index contributed by atoms with van der Waals surface area (Å²) in [6.07, 6.45) is 1.86. The zero-order chi connectivity index (χ0) is 20.1. The number of nitrogens with zero attached hydrogens (tertiary/aromatic N) is 2. The van der Waals surface area contributed by atoms with Crippen LogP contribution in [0.3, 0.4) is 0 Å². The van der Waals surface area contributed by atoms with Gasteiger partial charge in [-0.15, -0.1) is 0 Å². The third-order valence-corrected chi connectivity index (χ3v) is 5.24. The second kappa shape index (κ2) is 9.03. The lowest BCUT2D eigenvalue weighted by atomic mass is 10.1. The minimum absolute atomic E-state index is 0.302. The minimum Gasteiger partial charge on any atom is -0.480 e. The number of halogens is 2. The normalized spacial score (nSPS) is 10.8. The maximum Gasteiger partial charge on any atom is 0.323 e. The number of hydrogen-bond acceptors (Lipinski definition) is 4. The Morgan fingerprint density at radius 3 is 2.39 bits per heavy atom. The summed E-state index contributed by atoms with van der Waals surface area (Å²) in [5.74, 6) is -0.934. The molecule has 8 heteroatoms. The van der Waals surface area contributed by atoms with Crippen LogP contribution in [0, 0.1) is 5.82 Å². The van der Waals surface area contributed by atoms with Gasteiger partial charge in [-0.1, -0.05) is 47.6 Å². The molecule has 0 bridgehead atoms. The van der Waals surface area contributed by atoms with E-state index >= 15 is 0 Å². The molecule has 144 valence electrons. The number of carboxylic acids is 1. The molecule has 0 aliphatic heterocycles. The van der Waals surface area contributed by atoms with Crippen LogP contribution in [0.5, 0.6) is 0 Å². The van der Waals surface area contributed by atoms with Crippen LogP contribution in [0.2, 0.25) is 5.02 Å². The third kappa shape index (κ3) is 5.43. The van der Waals surface area contributed by atoms with Crippen molar-refractivity contribution in [2.45, 2.75) is 23.9 Å². The minimum atomic E-state index is -1.04. The van der Waals surface area contributed by atoms with Gasteiger partial charge in [0.2, 0.25) is 0 Å². The number of rotatable bonds is 7. The monoisotopic (exact) mass is 418 g/mol. The van der Waals surface area contributed by atoms with E-state index in [0.29, 0.717) is 27.9 Å². The Kier molecular flexibility index (Phi) is 6.49. The van der Waals surface area contributed by atoms with Gasteiger partial charge in [-0.25, -0.2) is 4.39 Å². The van der Waals surface area contributed by atoms with Crippen molar-refractivity contribution >= 4 is 29.3 Å². The van der Waals surface area contributed by atoms with Crippen molar-refractivity contribution in [2.75, 3.05) is 0 Å². The molecule has 0 spiro atoms. The van der Waals surface area contributed by atoms with Gasteiger partial charge in [-0.3, -0.25) is 9.59 Å². The number of carbonyl (C=O) groups is 1. The molecule has 0 fully saturated rings. The summed E-state index contributed by atoms with van der Waals surface area (Å²) in [7, 11) is 0. The molecule has 0 radical (unpaired) electrons. The van der Waals surface area contributed by atoms with Crippen molar-refractivity contribution in [1.82, 2.24) is 9.55 Å². The molecule has 5 nitrogen and oxygen atoms in total. The first-order chi connectivity index (χ1) is 13.4. The van der Waals surface area contributed by atoms with Crippen LogP contribution in [-0.4, -0.2) is 20.6 Å². The van der Waals surface area contributed by atoms with Crippen LogP contribution < -0.4 is 5.56 Å². The number of hydrogen-bond donors (Lipinski definition) is 1. The van der Waals surface area contributed by atoms with Gasteiger partial charge in [0.25, 0.3) is 5.56 Å². The van der Waals surface area contributed by atoms with E-state index in [2.05, 4.69) is 4.98 Å². The Morgan fingerprint density at radius 2 is 1.75 bits per heavy atom. The average molecular weight is 419 g/mol. The Balaban J connectivity index is 1.85. The fourth-order valence-corrected chi connectivity index (χ4v) is 3.61. The second-order valence-electron chi connectivity index (χ2n) is 6.09. The SMILES string of the molecule is O=C(O)Cn1cc(Cc2ccc(Cl)cc2)c(=O)nc1SCc1ccc(F)cc1. The summed E-state index contributed by atoms with van der Waals surface area (Å²) in [4.78, 5) is 27.8. The van der Waals surface area contributed by atoms with Crippen LogP contribution >= 0.6 is 23.4 Å². The van der Waals surface area contributed by atoms with Gasteiger partial charge in [-0.2, -0.15) is 4.98 Å². The lowest BCUT2D eigenvalue weighted by Gasteiger charge is -2.12. The van der Waals surface area contributed by atoms with Crippen molar-refractivity contribution in [2.24, 2.45) is 0 Å². The van der Waals surface area contributed by atoms with Crippen LogP contribution in [0.15, 0.2) is 64.7 Å². The van der Waals surface area contributed by atoms with Crippen LogP contribution in [0.1, 0.15) is 16.7 Å². The maximum atomic E-state index is 13.0. The molecule has 0 aliphatic rings. The zero-order valence-corrected chi connectivity index (χ0v) is 16.2. The highest BCUT2D eigenvalue weighted by atomic mass is 35.5. The van der Waals surface area contributed by atoms with E-state index < -0.39 is 11.5 Å². The average Bonchev–Trinajstić information content (AvgIpc) is 2.65. The quantitative estimate of drug-likeness (QED) is 0.463. The topological polar surface area (TPSA) is 72.2 Å². The number of thioether (sulfide) groups is 1. The molecule has 1 heterocycles. The molecule has 0 saturated carbocycles. The molecule has 1 aromatic heterocycles. The lowest BCUT2D eigenvalue weighted by Crippen LogP contribution is -2.22. The molecule has 1 N–H and O–H groups in total. The molecular formula is C20H16ClFN2O3S. The smallest absolute Gasteiger partial charge is 0.323 e. The van der Waals surface area contributed by atoms with Gasteiger partial charge in [0.15, 0.2) is 5.16 Å². The molecule has 0 aliphatic carbocycles. The van der Waals surface area contributed by atoms with Crippen LogP contribution in [-0.2, 0) is 23.5 Å². The summed E-state index contributed by atoms with van der Waals surface area (Å²) < 4.78 is 14.5. The first-order valence-electron chi connectivity index (χ1n) is 8.34. The van der Waals surface area contributed by atoms with E-state index in [-0.39, 0.29) is 12.4 Å². The maximum absolute atomic E-state index is 13.0. The molecule has 28 heavy (non-hydrogen) atoms. The Hall–Kier alpha value is -2.64. The number of benzene rings is 2. The second-order valence-corrected chi connectivity index (χ2v) is 7.47. The number of aliphatic carboxylic acids is 1. The summed E-state index contributed by atoms with van der Waals surface area (Å²) in [6, 6.07) is 13.0. The van der Waals surface area contributed by atoms with Crippen LogP contribution in [0.25, 0.3) is 0 Å². The summed E-state index contributed by atoms with van der Waals surface area (Å²) >= 11 is 7.10. The highest BCUT2D eigenvalue weighted by Gasteiger charge is 2.12. The van der Waals surface area contributed by atoms with Crippen molar-refractivity contribution in [3.63, 3.8) is 0 Å².